The average Bonchev–Trinajstić information content (AvgIpc) is 2.64. The number of ether oxygens (including phenoxy) is 1. The van der Waals surface area contributed by atoms with Crippen LogP contribution in [0.2, 0.25) is 0 Å². The Balaban J connectivity index is 1.84. The third-order valence-electron chi connectivity index (χ3n) is 6.86. The molecule has 1 N–H and O–H groups in total. The first-order chi connectivity index (χ1) is 14.7. The van der Waals surface area contributed by atoms with Crippen molar-refractivity contribution in [3.05, 3.63) is 29.3 Å². The molecule has 5 heteroatoms. The third-order valence-corrected chi connectivity index (χ3v) is 6.86. The summed E-state index contributed by atoms with van der Waals surface area (Å²) in [6.45, 7) is 20.1. The monoisotopic (exact) mass is 444 g/mol. The molecule has 1 aromatic carbocycles. The van der Waals surface area contributed by atoms with Gasteiger partial charge in [-0.1, -0.05) is 39.8 Å². The van der Waals surface area contributed by atoms with Crippen molar-refractivity contribution >= 4 is 11.5 Å². The Morgan fingerprint density at radius 3 is 2.12 bits per heavy atom. The SMILES string of the molecule is CC(=O)c1ccc(C2CC(C)(C)CC(C)(C)C2)c(N2CCN(C(O)OC(C)(C)C)CC2)c1. The number of hydrogen-bond acceptors (Lipinski definition) is 5. The van der Waals surface area contributed by atoms with E-state index in [2.05, 4.69) is 44.7 Å². The number of aliphatic hydroxyl groups excluding tert-OH is 1. The fraction of sp³-hybridized carbons (Fsp3) is 0.741. The van der Waals surface area contributed by atoms with E-state index in [4.69, 9.17) is 4.74 Å². The normalized spacial score (nSPS) is 23.2. The molecule has 3 rings (SSSR count). The van der Waals surface area contributed by atoms with Crippen LogP contribution in [0.5, 0.6) is 0 Å². The zero-order valence-corrected chi connectivity index (χ0v) is 21.5. The Hall–Kier alpha value is -1.43. The van der Waals surface area contributed by atoms with Crippen molar-refractivity contribution in [2.24, 2.45) is 10.8 Å². The lowest BCUT2D eigenvalue weighted by Gasteiger charge is -2.46. The molecule has 2 fully saturated rings. The van der Waals surface area contributed by atoms with E-state index in [9.17, 15) is 9.90 Å². The van der Waals surface area contributed by atoms with Crippen molar-refractivity contribution in [2.75, 3.05) is 31.1 Å². The van der Waals surface area contributed by atoms with Crippen LogP contribution < -0.4 is 4.90 Å². The van der Waals surface area contributed by atoms with Gasteiger partial charge in [0.25, 0.3) is 0 Å². The Labute approximate surface area is 195 Å². The summed E-state index contributed by atoms with van der Waals surface area (Å²) in [6.07, 6.45) is 2.68. The van der Waals surface area contributed by atoms with Crippen LogP contribution >= 0.6 is 0 Å². The molecule has 1 atom stereocenters. The molecule has 1 saturated heterocycles. The molecule has 0 aromatic heterocycles. The standard InChI is InChI=1S/C27H44N2O3/c1-19(30)20-9-10-22(21-16-26(5,6)18-27(7,8)17-21)23(15-20)28-11-13-29(14-12-28)24(31)32-25(2,3)4/h9-10,15,21,24,31H,11-14,16-18H2,1-8H3. The minimum absolute atomic E-state index is 0.106. The van der Waals surface area contributed by atoms with Gasteiger partial charge in [-0.3, -0.25) is 9.69 Å². The Morgan fingerprint density at radius 1 is 1.06 bits per heavy atom. The molecule has 1 aromatic rings. The summed E-state index contributed by atoms with van der Waals surface area (Å²) in [5.41, 5.74) is 3.56. The second-order valence-electron chi connectivity index (χ2n) is 12.5. The highest BCUT2D eigenvalue weighted by Crippen LogP contribution is 2.53. The van der Waals surface area contributed by atoms with Gasteiger partial charge < -0.3 is 14.7 Å². The van der Waals surface area contributed by atoms with Gasteiger partial charge in [-0.25, -0.2) is 0 Å². The Bertz CT molecular complexity index is 801. The topological polar surface area (TPSA) is 53.0 Å². The van der Waals surface area contributed by atoms with Crippen LogP contribution in [0.3, 0.4) is 0 Å². The minimum Gasteiger partial charge on any atom is -0.369 e. The van der Waals surface area contributed by atoms with Gasteiger partial charge in [0.05, 0.1) is 5.60 Å². The molecule has 5 nitrogen and oxygen atoms in total. The number of carbonyl (C=O) groups excluding carboxylic acids is 1. The summed E-state index contributed by atoms with van der Waals surface area (Å²) in [4.78, 5) is 16.6. The number of Topliss-reactive ketones (excluding diaryl/α,β-unsaturated/α-hetero) is 1. The number of benzene rings is 1. The zero-order valence-electron chi connectivity index (χ0n) is 21.5. The van der Waals surface area contributed by atoms with Crippen LogP contribution in [-0.4, -0.2) is 54.0 Å². The molecule has 0 bridgehead atoms. The zero-order chi connectivity index (χ0) is 23.9. The first-order valence-electron chi connectivity index (χ1n) is 12.2. The maximum atomic E-state index is 12.2. The van der Waals surface area contributed by atoms with Gasteiger partial charge in [0.1, 0.15) is 0 Å². The number of rotatable bonds is 5. The predicted molar refractivity (Wildman–Crippen MR) is 131 cm³/mol. The molecule has 1 unspecified atom stereocenters. The van der Waals surface area contributed by atoms with Gasteiger partial charge in [0, 0.05) is 37.4 Å². The maximum absolute atomic E-state index is 12.2. The van der Waals surface area contributed by atoms with Crippen LogP contribution in [0, 0.1) is 10.8 Å². The summed E-state index contributed by atoms with van der Waals surface area (Å²) >= 11 is 0. The molecule has 32 heavy (non-hydrogen) atoms. The number of hydrogen-bond donors (Lipinski definition) is 1. The van der Waals surface area contributed by atoms with E-state index in [1.807, 2.05) is 31.7 Å². The molecule has 1 aliphatic carbocycles. The van der Waals surface area contributed by atoms with Gasteiger partial charge in [0.2, 0.25) is 6.41 Å². The molecule has 2 aliphatic rings. The lowest BCUT2D eigenvalue weighted by molar-refractivity contribution is -0.239. The molecule has 1 aliphatic heterocycles. The highest BCUT2D eigenvalue weighted by molar-refractivity contribution is 5.95. The summed E-state index contributed by atoms with van der Waals surface area (Å²) in [7, 11) is 0. The molecular weight excluding hydrogens is 400 g/mol. The second-order valence-corrected chi connectivity index (χ2v) is 12.5. The van der Waals surface area contributed by atoms with Crippen molar-refractivity contribution in [3.63, 3.8) is 0 Å². The van der Waals surface area contributed by atoms with Crippen molar-refractivity contribution < 1.29 is 14.6 Å². The van der Waals surface area contributed by atoms with E-state index in [-0.39, 0.29) is 11.4 Å². The van der Waals surface area contributed by atoms with Gasteiger partial charge >= 0.3 is 0 Å². The van der Waals surface area contributed by atoms with Gasteiger partial charge in [-0.05, 0) is 75.3 Å². The van der Waals surface area contributed by atoms with Crippen LogP contribution in [-0.2, 0) is 4.74 Å². The van der Waals surface area contributed by atoms with Gasteiger partial charge in [0.15, 0.2) is 5.78 Å². The van der Waals surface area contributed by atoms with Gasteiger partial charge in [-0.15, -0.1) is 0 Å². The molecule has 1 saturated carbocycles. The van der Waals surface area contributed by atoms with Crippen LogP contribution in [0.4, 0.5) is 5.69 Å². The number of piperazine rings is 1. The van der Waals surface area contributed by atoms with E-state index < -0.39 is 6.41 Å². The van der Waals surface area contributed by atoms with Crippen LogP contribution in [0.15, 0.2) is 18.2 Å². The molecule has 0 spiro atoms. The number of nitrogens with zero attached hydrogens (tertiary/aromatic N) is 2. The second kappa shape index (κ2) is 9.08. The average molecular weight is 445 g/mol. The third kappa shape index (κ3) is 6.33. The smallest absolute Gasteiger partial charge is 0.216 e. The fourth-order valence-corrected chi connectivity index (χ4v) is 6.02. The van der Waals surface area contributed by atoms with Crippen LogP contribution in [0.1, 0.15) is 96.5 Å². The minimum atomic E-state index is -0.889. The highest BCUT2D eigenvalue weighted by atomic mass is 16.6. The molecule has 0 amide bonds. The number of aliphatic hydroxyl groups is 1. The van der Waals surface area contributed by atoms with Crippen LogP contribution in [0.25, 0.3) is 0 Å². The van der Waals surface area contributed by atoms with Gasteiger partial charge in [-0.2, -0.15) is 0 Å². The highest BCUT2D eigenvalue weighted by Gasteiger charge is 2.40. The number of anilines is 1. The molecule has 1 heterocycles. The molecule has 180 valence electrons. The van der Waals surface area contributed by atoms with E-state index >= 15 is 0 Å². The number of carbonyl (C=O) groups is 1. The van der Waals surface area contributed by atoms with Crippen molar-refractivity contribution in [1.82, 2.24) is 4.90 Å². The summed E-state index contributed by atoms with van der Waals surface area (Å²) in [5.74, 6) is 0.590. The largest absolute Gasteiger partial charge is 0.369 e. The lowest BCUT2D eigenvalue weighted by Crippen LogP contribution is -2.52. The summed E-state index contributed by atoms with van der Waals surface area (Å²) in [6, 6.07) is 6.31. The molecular formula is C27H44N2O3. The lowest BCUT2D eigenvalue weighted by atomic mass is 9.60. The van der Waals surface area contributed by atoms with E-state index in [0.717, 1.165) is 31.7 Å². The van der Waals surface area contributed by atoms with Crippen molar-refractivity contribution in [3.8, 4) is 0 Å². The van der Waals surface area contributed by atoms with Crippen molar-refractivity contribution in [2.45, 2.75) is 92.6 Å². The summed E-state index contributed by atoms with van der Waals surface area (Å²) in [5, 5.41) is 10.5. The first-order valence-corrected chi connectivity index (χ1v) is 12.2. The van der Waals surface area contributed by atoms with E-state index in [1.54, 1.807) is 6.92 Å². The van der Waals surface area contributed by atoms with E-state index in [0.29, 0.717) is 16.7 Å². The molecule has 0 radical (unpaired) electrons. The predicted octanol–water partition coefficient (Wildman–Crippen LogP) is 5.42. The fourth-order valence-electron chi connectivity index (χ4n) is 6.02. The van der Waals surface area contributed by atoms with Crippen molar-refractivity contribution in [1.29, 1.82) is 0 Å². The number of ketones is 1. The van der Waals surface area contributed by atoms with E-state index in [1.165, 1.54) is 30.5 Å². The quantitative estimate of drug-likeness (QED) is 0.485. The Kier molecular flexibility index (Phi) is 7.15. The first kappa shape index (κ1) is 25.2. The maximum Gasteiger partial charge on any atom is 0.216 e. The Morgan fingerprint density at radius 2 is 1.62 bits per heavy atom. The summed E-state index contributed by atoms with van der Waals surface area (Å²) < 4.78 is 5.75.